The summed E-state index contributed by atoms with van der Waals surface area (Å²) in [6, 6.07) is 26.7. The van der Waals surface area contributed by atoms with Gasteiger partial charge in [-0.15, -0.1) is 0 Å². The molecular formula is C30H34O2. The fourth-order valence-electron chi connectivity index (χ4n) is 6.80. The summed E-state index contributed by atoms with van der Waals surface area (Å²) in [5.41, 5.74) is 5.54. The second kappa shape index (κ2) is 8.75. The topological polar surface area (TPSA) is 40.5 Å². The molecule has 2 nitrogen and oxygen atoms in total. The van der Waals surface area contributed by atoms with Gasteiger partial charge in [0.05, 0.1) is 6.10 Å². The fraction of sp³-hybridized carbons (Fsp3) is 0.400. The summed E-state index contributed by atoms with van der Waals surface area (Å²) in [4.78, 5) is 0. The Hall–Kier alpha value is -2.58. The highest BCUT2D eigenvalue weighted by molar-refractivity contribution is 5.62. The monoisotopic (exact) mass is 426 g/mol. The summed E-state index contributed by atoms with van der Waals surface area (Å²) in [6.45, 7) is 2.32. The van der Waals surface area contributed by atoms with Gasteiger partial charge in [0.25, 0.3) is 0 Å². The van der Waals surface area contributed by atoms with Crippen LogP contribution in [-0.2, 0) is 6.42 Å². The number of aliphatic hydroxyl groups excluding tert-OH is 1. The highest BCUT2D eigenvalue weighted by Gasteiger charge is 2.54. The predicted octanol–water partition coefficient (Wildman–Crippen LogP) is 6.96. The number of fused-ring (bicyclic) bond motifs is 5. The van der Waals surface area contributed by atoms with Gasteiger partial charge in [0.2, 0.25) is 0 Å². The first-order chi connectivity index (χ1) is 15.6. The molecule has 2 heteroatoms. The summed E-state index contributed by atoms with van der Waals surface area (Å²) in [5.74, 6) is 2.49. The zero-order chi connectivity index (χ0) is 22.1. The predicted molar refractivity (Wildman–Crippen MR) is 131 cm³/mol. The van der Waals surface area contributed by atoms with E-state index in [0.29, 0.717) is 17.6 Å². The maximum absolute atomic E-state index is 10.4. The highest BCUT2D eigenvalue weighted by atomic mass is 16.3. The van der Waals surface area contributed by atoms with Crippen LogP contribution in [0.3, 0.4) is 0 Å². The standard InChI is InChI=1S/C18H24O2.C12H10/c1-18-9-8-14-13-5-3-12(19)10-11(13)2-4-15(14)16(18)6-7-17(18)20;1-3-7-11(8-4-1)12-9-5-2-6-10-12/h3,5,10,14-17,19-20H,2,4,6-9H2,1H3;1-10H/t14-,15-,16+,17-,18+;/m1./s1. The van der Waals surface area contributed by atoms with Crippen molar-refractivity contribution in [2.45, 2.75) is 57.5 Å². The van der Waals surface area contributed by atoms with E-state index >= 15 is 0 Å². The van der Waals surface area contributed by atoms with Crippen LogP contribution in [-0.4, -0.2) is 16.3 Å². The number of phenols is 1. The molecule has 3 aliphatic rings. The first kappa shape index (κ1) is 21.3. The summed E-state index contributed by atoms with van der Waals surface area (Å²) in [6.07, 6.45) is 6.78. The SMILES string of the molecule is C[C@]12CC[C@@H]3c4ccc(O)cc4CC[C@H]3[C@@H]1CC[C@H]2O.c1ccc(-c2ccccc2)cc1. The number of hydrogen-bond donors (Lipinski definition) is 2. The molecule has 0 spiro atoms. The number of phenolic OH excluding ortho intramolecular Hbond substituents is 1. The number of aliphatic hydroxyl groups is 1. The van der Waals surface area contributed by atoms with Gasteiger partial charge < -0.3 is 10.2 Å². The van der Waals surface area contributed by atoms with Gasteiger partial charge in [-0.2, -0.15) is 0 Å². The van der Waals surface area contributed by atoms with Gasteiger partial charge in [-0.25, -0.2) is 0 Å². The van der Waals surface area contributed by atoms with Crippen molar-refractivity contribution >= 4 is 0 Å². The molecule has 5 atom stereocenters. The van der Waals surface area contributed by atoms with Crippen LogP contribution in [0.5, 0.6) is 5.75 Å². The second-order valence-corrected chi connectivity index (χ2v) is 10.2. The van der Waals surface area contributed by atoms with E-state index in [1.54, 1.807) is 0 Å². The fourth-order valence-corrected chi connectivity index (χ4v) is 6.80. The molecule has 32 heavy (non-hydrogen) atoms. The summed E-state index contributed by atoms with van der Waals surface area (Å²) in [5, 5.41) is 20.0. The van der Waals surface area contributed by atoms with E-state index in [4.69, 9.17) is 0 Å². The van der Waals surface area contributed by atoms with Crippen molar-refractivity contribution in [1.82, 2.24) is 0 Å². The molecule has 166 valence electrons. The minimum atomic E-state index is -0.0883. The van der Waals surface area contributed by atoms with Gasteiger partial charge in [-0.3, -0.25) is 0 Å². The summed E-state index contributed by atoms with van der Waals surface area (Å²) < 4.78 is 0. The molecule has 0 heterocycles. The van der Waals surface area contributed by atoms with Gasteiger partial charge in [-0.05, 0) is 96.1 Å². The first-order valence-corrected chi connectivity index (χ1v) is 12.2. The van der Waals surface area contributed by atoms with Gasteiger partial charge in [-0.1, -0.05) is 73.7 Å². The Kier molecular flexibility index (Phi) is 5.82. The summed E-state index contributed by atoms with van der Waals surface area (Å²) >= 11 is 0. The molecule has 2 saturated carbocycles. The summed E-state index contributed by atoms with van der Waals surface area (Å²) in [7, 11) is 0. The normalized spacial score (nSPS) is 30.3. The van der Waals surface area contributed by atoms with Crippen LogP contribution in [0.15, 0.2) is 78.9 Å². The Morgan fingerprint density at radius 3 is 2.09 bits per heavy atom. The molecule has 0 unspecified atom stereocenters. The molecule has 0 saturated heterocycles. The van der Waals surface area contributed by atoms with E-state index in [0.717, 1.165) is 25.2 Å². The molecule has 0 radical (unpaired) electrons. The molecule has 0 aliphatic heterocycles. The van der Waals surface area contributed by atoms with Gasteiger partial charge in [0, 0.05) is 0 Å². The van der Waals surface area contributed by atoms with E-state index in [1.807, 2.05) is 24.3 Å². The van der Waals surface area contributed by atoms with Crippen LogP contribution < -0.4 is 0 Å². The molecule has 2 N–H and O–H groups in total. The number of benzene rings is 3. The van der Waals surface area contributed by atoms with Crippen LogP contribution in [0, 0.1) is 17.3 Å². The Morgan fingerprint density at radius 2 is 1.44 bits per heavy atom. The molecule has 0 aromatic heterocycles. The number of aromatic hydroxyl groups is 1. The largest absolute Gasteiger partial charge is 0.508 e. The van der Waals surface area contributed by atoms with Crippen molar-refractivity contribution in [3.8, 4) is 16.9 Å². The average molecular weight is 427 g/mol. The van der Waals surface area contributed by atoms with Crippen LogP contribution in [0.1, 0.15) is 56.1 Å². The van der Waals surface area contributed by atoms with E-state index < -0.39 is 0 Å². The highest BCUT2D eigenvalue weighted by Crippen LogP contribution is 2.60. The van der Waals surface area contributed by atoms with E-state index in [1.165, 1.54) is 41.5 Å². The van der Waals surface area contributed by atoms with Gasteiger partial charge >= 0.3 is 0 Å². The second-order valence-electron chi connectivity index (χ2n) is 10.2. The van der Waals surface area contributed by atoms with Gasteiger partial charge in [0.15, 0.2) is 0 Å². The molecule has 3 aromatic rings. The minimum Gasteiger partial charge on any atom is -0.508 e. The Morgan fingerprint density at radius 1 is 0.781 bits per heavy atom. The van der Waals surface area contributed by atoms with Crippen LogP contribution >= 0.6 is 0 Å². The lowest BCUT2D eigenvalue weighted by Gasteiger charge is -2.50. The third kappa shape index (κ3) is 3.86. The van der Waals surface area contributed by atoms with Crippen molar-refractivity contribution in [3.05, 3.63) is 90.0 Å². The molecule has 3 aromatic carbocycles. The smallest absolute Gasteiger partial charge is 0.115 e. The Bertz CT molecular complexity index is 1010. The third-order valence-electron chi connectivity index (χ3n) is 8.54. The maximum atomic E-state index is 10.4. The quantitative estimate of drug-likeness (QED) is 0.441. The van der Waals surface area contributed by atoms with Crippen molar-refractivity contribution in [2.24, 2.45) is 17.3 Å². The first-order valence-electron chi connectivity index (χ1n) is 12.2. The van der Waals surface area contributed by atoms with Crippen LogP contribution in [0.25, 0.3) is 11.1 Å². The van der Waals surface area contributed by atoms with Crippen molar-refractivity contribution in [2.75, 3.05) is 0 Å². The van der Waals surface area contributed by atoms with Crippen molar-refractivity contribution < 1.29 is 10.2 Å². The maximum Gasteiger partial charge on any atom is 0.115 e. The molecular weight excluding hydrogens is 392 g/mol. The lowest BCUT2D eigenvalue weighted by Crippen LogP contribution is -2.43. The average Bonchev–Trinajstić information content (AvgIpc) is 3.15. The molecule has 2 fully saturated rings. The Balaban J connectivity index is 0.000000154. The van der Waals surface area contributed by atoms with E-state index in [9.17, 15) is 10.2 Å². The zero-order valence-electron chi connectivity index (χ0n) is 19.0. The van der Waals surface area contributed by atoms with Crippen LogP contribution in [0.4, 0.5) is 0 Å². The van der Waals surface area contributed by atoms with Crippen molar-refractivity contribution in [3.63, 3.8) is 0 Å². The number of aryl methyl sites for hydroxylation is 1. The minimum absolute atomic E-state index is 0.0883. The number of hydrogen-bond acceptors (Lipinski definition) is 2. The third-order valence-corrected chi connectivity index (χ3v) is 8.54. The van der Waals surface area contributed by atoms with Crippen molar-refractivity contribution in [1.29, 1.82) is 0 Å². The lowest BCUT2D eigenvalue weighted by atomic mass is 9.55. The zero-order valence-corrected chi connectivity index (χ0v) is 19.0. The molecule has 0 amide bonds. The van der Waals surface area contributed by atoms with E-state index in [2.05, 4.69) is 61.5 Å². The van der Waals surface area contributed by atoms with E-state index in [-0.39, 0.29) is 11.5 Å². The molecule has 0 bridgehead atoms. The molecule has 6 rings (SSSR count). The number of rotatable bonds is 1. The Labute approximate surface area is 192 Å². The molecule has 3 aliphatic carbocycles. The van der Waals surface area contributed by atoms with Gasteiger partial charge in [0.1, 0.15) is 5.75 Å². The van der Waals surface area contributed by atoms with Crippen LogP contribution in [0.2, 0.25) is 0 Å². The lowest BCUT2D eigenvalue weighted by molar-refractivity contribution is -0.0226.